The van der Waals surface area contributed by atoms with Gasteiger partial charge >= 0.3 is 5.97 Å². The first-order chi connectivity index (χ1) is 16.9. The highest BCUT2D eigenvalue weighted by molar-refractivity contribution is 7.89. The summed E-state index contributed by atoms with van der Waals surface area (Å²) in [4.78, 5) is 39.7. The molecule has 1 N–H and O–H groups in total. The largest absolute Gasteiger partial charge is 0.452 e. The Morgan fingerprint density at radius 2 is 1.64 bits per heavy atom. The zero-order valence-electron chi connectivity index (χ0n) is 20.9. The number of ether oxygens (including phenoxy) is 1. The second-order valence-corrected chi connectivity index (χ2v) is 12.1. The molecule has 2 amide bonds. The Kier molecular flexibility index (Phi) is 6.94. The molecule has 1 saturated heterocycles. The van der Waals surface area contributed by atoms with Gasteiger partial charge in [-0.3, -0.25) is 14.5 Å². The second kappa shape index (κ2) is 9.67. The molecule has 0 spiro atoms. The molecule has 4 rings (SSSR count). The Bertz CT molecular complexity index is 1280. The van der Waals surface area contributed by atoms with Crippen molar-refractivity contribution < 1.29 is 27.5 Å². The molecule has 0 radical (unpaired) electrons. The van der Waals surface area contributed by atoms with E-state index in [2.05, 4.69) is 5.32 Å². The van der Waals surface area contributed by atoms with Crippen molar-refractivity contribution in [2.24, 2.45) is 11.8 Å². The van der Waals surface area contributed by atoms with Crippen LogP contribution >= 0.6 is 0 Å². The summed E-state index contributed by atoms with van der Waals surface area (Å²) >= 11 is 0. The van der Waals surface area contributed by atoms with Crippen molar-refractivity contribution in [1.29, 1.82) is 0 Å². The lowest BCUT2D eigenvalue weighted by atomic mass is 9.94. The van der Waals surface area contributed by atoms with Gasteiger partial charge in [0.15, 0.2) is 6.61 Å². The highest BCUT2D eigenvalue weighted by atomic mass is 32.2. The molecule has 0 aliphatic carbocycles. The SMILES string of the molecule is CC1CC(C)CN(S(=O)(=O)c2ccc(C(=O)OCC(=O)N3c4ccccc4NC(=O)C3(C)C)cc2)C1. The zero-order chi connectivity index (χ0) is 26.3. The van der Waals surface area contributed by atoms with Crippen LogP contribution in [-0.4, -0.2) is 55.7 Å². The maximum atomic E-state index is 13.1. The summed E-state index contributed by atoms with van der Waals surface area (Å²) in [5, 5.41) is 2.78. The monoisotopic (exact) mass is 513 g/mol. The van der Waals surface area contributed by atoms with Gasteiger partial charge in [-0.15, -0.1) is 0 Å². The first kappa shape index (κ1) is 25.8. The number of fused-ring (bicyclic) bond motifs is 1. The molecule has 36 heavy (non-hydrogen) atoms. The van der Waals surface area contributed by atoms with Crippen molar-refractivity contribution in [1.82, 2.24) is 4.31 Å². The van der Waals surface area contributed by atoms with Gasteiger partial charge in [-0.05, 0) is 68.5 Å². The number of hydrogen-bond acceptors (Lipinski definition) is 6. The van der Waals surface area contributed by atoms with Gasteiger partial charge in [0.05, 0.1) is 21.8 Å². The molecule has 1 fully saturated rings. The number of sulfonamides is 1. The lowest BCUT2D eigenvalue weighted by molar-refractivity contribution is -0.128. The van der Waals surface area contributed by atoms with E-state index in [1.165, 1.54) is 33.5 Å². The average Bonchev–Trinajstić information content (AvgIpc) is 2.82. The molecule has 2 aromatic rings. The molecule has 2 unspecified atom stereocenters. The van der Waals surface area contributed by atoms with Gasteiger partial charge in [-0.1, -0.05) is 26.0 Å². The van der Waals surface area contributed by atoms with Gasteiger partial charge in [0.2, 0.25) is 15.9 Å². The molecule has 0 aromatic heterocycles. The van der Waals surface area contributed by atoms with E-state index in [0.29, 0.717) is 24.5 Å². The van der Waals surface area contributed by atoms with Crippen LogP contribution < -0.4 is 10.2 Å². The number of rotatable bonds is 5. The summed E-state index contributed by atoms with van der Waals surface area (Å²) in [7, 11) is -3.67. The number of nitrogens with zero attached hydrogens (tertiary/aromatic N) is 2. The minimum Gasteiger partial charge on any atom is -0.452 e. The number of carbonyl (C=O) groups excluding carboxylic acids is 3. The van der Waals surface area contributed by atoms with E-state index in [9.17, 15) is 22.8 Å². The fourth-order valence-corrected chi connectivity index (χ4v) is 6.57. The fraction of sp³-hybridized carbons (Fsp3) is 0.423. The number of benzene rings is 2. The Hall–Kier alpha value is -3.24. The lowest BCUT2D eigenvalue weighted by Gasteiger charge is -2.41. The van der Waals surface area contributed by atoms with Crippen molar-refractivity contribution in [2.75, 3.05) is 29.9 Å². The number of nitrogens with one attached hydrogen (secondary N) is 1. The van der Waals surface area contributed by atoms with Gasteiger partial charge in [-0.2, -0.15) is 4.31 Å². The van der Waals surface area contributed by atoms with Crippen molar-refractivity contribution in [3.05, 3.63) is 54.1 Å². The van der Waals surface area contributed by atoms with E-state index in [-0.39, 0.29) is 28.2 Å². The molecule has 2 atom stereocenters. The third-order valence-electron chi connectivity index (χ3n) is 6.65. The third-order valence-corrected chi connectivity index (χ3v) is 8.49. The zero-order valence-corrected chi connectivity index (χ0v) is 21.7. The van der Waals surface area contributed by atoms with E-state index < -0.39 is 34.0 Å². The van der Waals surface area contributed by atoms with Gasteiger partial charge in [0.25, 0.3) is 5.91 Å². The summed E-state index contributed by atoms with van der Waals surface area (Å²) in [5.74, 6) is -1.12. The van der Waals surface area contributed by atoms with Crippen LogP contribution in [-0.2, 0) is 24.3 Å². The van der Waals surface area contributed by atoms with Gasteiger partial charge in [0.1, 0.15) is 5.54 Å². The predicted molar refractivity (Wildman–Crippen MR) is 135 cm³/mol. The lowest BCUT2D eigenvalue weighted by Crippen LogP contribution is -2.59. The van der Waals surface area contributed by atoms with Crippen molar-refractivity contribution >= 4 is 39.2 Å². The van der Waals surface area contributed by atoms with Gasteiger partial charge in [-0.25, -0.2) is 13.2 Å². The molecule has 192 valence electrons. The van der Waals surface area contributed by atoms with Crippen LogP contribution in [0.25, 0.3) is 0 Å². The van der Waals surface area contributed by atoms with E-state index >= 15 is 0 Å². The Morgan fingerprint density at radius 3 is 2.28 bits per heavy atom. The van der Waals surface area contributed by atoms with Crippen molar-refractivity contribution in [2.45, 2.75) is 44.6 Å². The molecular formula is C26H31N3O6S. The molecular weight excluding hydrogens is 482 g/mol. The van der Waals surface area contributed by atoms with E-state index in [1.807, 2.05) is 13.8 Å². The Balaban J connectivity index is 1.44. The maximum Gasteiger partial charge on any atom is 0.338 e. The Labute approximate surface area is 211 Å². The van der Waals surface area contributed by atoms with Crippen molar-refractivity contribution in [3.8, 4) is 0 Å². The number of hydrogen-bond donors (Lipinski definition) is 1. The molecule has 2 heterocycles. The molecule has 2 aromatic carbocycles. The molecule has 2 aliphatic heterocycles. The summed E-state index contributed by atoms with van der Waals surface area (Å²) in [6.07, 6.45) is 0.986. The summed E-state index contributed by atoms with van der Waals surface area (Å²) in [5.41, 5.74) is -0.0508. The normalized spacial score (nSPS) is 21.9. The van der Waals surface area contributed by atoms with Crippen LogP contribution in [0.3, 0.4) is 0 Å². The highest BCUT2D eigenvalue weighted by Gasteiger charge is 2.43. The van der Waals surface area contributed by atoms with E-state index in [0.717, 1.165) is 6.42 Å². The average molecular weight is 514 g/mol. The number of carbonyl (C=O) groups is 3. The number of esters is 1. The highest BCUT2D eigenvalue weighted by Crippen LogP contribution is 2.36. The van der Waals surface area contributed by atoms with Crippen LogP contribution in [0.4, 0.5) is 11.4 Å². The molecule has 10 heteroatoms. The van der Waals surface area contributed by atoms with Gasteiger partial charge in [0, 0.05) is 13.1 Å². The van der Waals surface area contributed by atoms with Crippen LogP contribution in [0, 0.1) is 11.8 Å². The summed E-state index contributed by atoms with van der Waals surface area (Å²) in [6.45, 7) is 7.65. The maximum absolute atomic E-state index is 13.1. The number of para-hydroxylation sites is 2. The molecule has 2 aliphatic rings. The molecule has 0 saturated carbocycles. The smallest absolute Gasteiger partial charge is 0.338 e. The van der Waals surface area contributed by atoms with E-state index in [1.54, 1.807) is 38.1 Å². The molecule has 0 bridgehead atoms. The molecule has 9 nitrogen and oxygen atoms in total. The fourth-order valence-electron chi connectivity index (χ4n) is 4.89. The van der Waals surface area contributed by atoms with Crippen LogP contribution in [0.1, 0.15) is 44.5 Å². The van der Waals surface area contributed by atoms with Crippen LogP contribution in [0.2, 0.25) is 0 Å². The summed E-state index contributed by atoms with van der Waals surface area (Å²) in [6, 6.07) is 12.4. The topological polar surface area (TPSA) is 113 Å². The minimum absolute atomic E-state index is 0.106. The standard InChI is InChI=1S/C26H31N3O6S/c1-17-13-18(2)15-28(14-17)36(33,34)20-11-9-19(10-12-20)24(31)35-16-23(30)29-22-8-6-5-7-21(22)27-25(32)26(29,3)4/h5-12,17-18H,13-16H2,1-4H3,(H,27,32). The van der Waals surface area contributed by atoms with Gasteiger partial charge < -0.3 is 10.1 Å². The van der Waals surface area contributed by atoms with Crippen molar-refractivity contribution in [3.63, 3.8) is 0 Å². The Morgan fingerprint density at radius 1 is 1.03 bits per heavy atom. The third kappa shape index (κ3) is 4.87. The quantitative estimate of drug-likeness (QED) is 0.614. The first-order valence-electron chi connectivity index (χ1n) is 11.9. The van der Waals surface area contributed by atoms with E-state index in [4.69, 9.17) is 4.74 Å². The predicted octanol–water partition coefficient (Wildman–Crippen LogP) is 3.27. The van der Waals surface area contributed by atoms with Crippen LogP contribution in [0.15, 0.2) is 53.4 Å². The number of piperidine rings is 1. The first-order valence-corrected chi connectivity index (χ1v) is 13.4. The number of anilines is 2. The second-order valence-electron chi connectivity index (χ2n) is 10.1. The number of amides is 2. The minimum atomic E-state index is -3.67. The van der Waals surface area contributed by atoms with Crippen LogP contribution in [0.5, 0.6) is 0 Å². The summed E-state index contributed by atoms with van der Waals surface area (Å²) < 4.78 is 32.9.